The summed E-state index contributed by atoms with van der Waals surface area (Å²) in [5.41, 5.74) is 2.21. The van der Waals surface area contributed by atoms with Crippen molar-refractivity contribution in [2.45, 2.75) is 20.3 Å². The van der Waals surface area contributed by atoms with E-state index in [0.29, 0.717) is 0 Å². The predicted octanol–water partition coefficient (Wildman–Crippen LogP) is 1.31. The van der Waals surface area contributed by atoms with E-state index < -0.39 is 0 Å². The van der Waals surface area contributed by atoms with E-state index in [4.69, 9.17) is 0 Å². The van der Waals surface area contributed by atoms with E-state index in [9.17, 15) is 0 Å². The third-order valence-corrected chi connectivity index (χ3v) is 1.54. The number of hydrogen-bond acceptors (Lipinski definition) is 2. The molecular weight excluding hydrogens is 112 g/mol. The van der Waals surface area contributed by atoms with Gasteiger partial charge in [-0.2, -0.15) is 0 Å². The van der Waals surface area contributed by atoms with Crippen molar-refractivity contribution in [3.63, 3.8) is 0 Å². The van der Waals surface area contributed by atoms with Crippen LogP contribution >= 0.6 is 0 Å². The Labute approximate surface area is 55.7 Å². The van der Waals surface area contributed by atoms with E-state index >= 15 is 0 Å². The van der Waals surface area contributed by atoms with E-state index in [-0.39, 0.29) is 0 Å². The molecule has 2 nitrogen and oxygen atoms in total. The van der Waals surface area contributed by atoms with Crippen molar-refractivity contribution >= 4 is 11.4 Å². The Morgan fingerprint density at radius 1 is 1.00 bits per heavy atom. The van der Waals surface area contributed by atoms with Crippen molar-refractivity contribution in [3.05, 3.63) is 0 Å². The molecule has 0 aromatic carbocycles. The van der Waals surface area contributed by atoms with Crippen molar-refractivity contribution in [3.8, 4) is 0 Å². The average molecular weight is 124 g/mol. The van der Waals surface area contributed by atoms with Gasteiger partial charge in [-0.25, -0.2) is 0 Å². The van der Waals surface area contributed by atoms with Crippen LogP contribution in [0.4, 0.5) is 0 Å². The Balaban J connectivity index is 2.71. The van der Waals surface area contributed by atoms with Gasteiger partial charge in [-0.1, -0.05) is 0 Å². The molecular formula is C7H12N2. The maximum absolute atomic E-state index is 4.29. The lowest BCUT2D eigenvalue weighted by Crippen LogP contribution is -2.03. The third-order valence-electron chi connectivity index (χ3n) is 1.54. The number of rotatable bonds is 0. The molecule has 1 aliphatic rings. The summed E-state index contributed by atoms with van der Waals surface area (Å²) < 4.78 is 0. The van der Waals surface area contributed by atoms with Crippen LogP contribution < -0.4 is 0 Å². The Morgan fingerprint density at radius 2 is 1.44 bits per heavy atom. The first kappa shape index (κ1) is 6.46. The normalized spacial score (nSPS) is 20.2. The first-order chi connectivity index (χ1) is 4.30. The second-order valence-corrected chi connectivity index (χ2v) is 2.29. The van der Waals surface area contributed by atoms with E-state index in [1.54, 1.807) is 0 Å². The predicted molar refractivity (Wildman–Crippen MR) is 40.6 cm³/mol. The SMILES string of the molecule is CC1=NCCCN=C1C. The Morgan fingerprint density at radius 3 is 1.89 bits per heavy atom. The molecule has 0 saturated carbocycles. The van der Waals surface area contributed by atoms with Crippen LogP contribution in [0.25, 0.3) is 0 Å². The summed E-state index contributed by atoms with van der Waals surface area (Å²) in [6.45, 7) is 5.94. The van der Waals surface area contributed by atoms with Gasteiger partial charge < -0.3 is 0 Å². The van der Waals surface area contributed by atoms with E-state index in [1.165, 1.54) is 0 Å². The van der Waals surface area contributed by atoms with Crippen molar-refractivity contribution < 1.29 is 0 Å². The zero-order valence-corrected chi connectivity index (χ0v) is 6.02. The van der Waals surface area contributed by atoms with Gasteiger partial charge >= 0.3 is 0 Å². The molecule has 2 heteroatoms. The number of nitrogens with zero attached hydrogens (tertiary/aromatic N) is 2. The Kier molecular flexibility index (Phi) is 1.98. The lowest BCUT2D eigenvalue weighted by Gasteiger charge is -1.92. The van der Waals surface area contributed by atoms with Gasteiger partial charge in [-0.05, 0) is 20.3 Å². The van der Waals surface area contributed by atoms with Crippen molar-refractivity contribution in [1.82, 2.24) is 0 Å². The summed E-state index contributed by atoms with van der Waals surface area (Å²) in [7, 11) is 0. The van der Waals surface area contributed by atoms with Crippen molar-refractivity contribution in [2.75, 3.05) is 13.1 Å². The van der Waals surface area contributed by atoms with Crippen LogP contribution in [-0.4, -0.2) is 24.5 Å². The fraction of sp³-hybridized carbons (Fsp3) is 0.714. The fourth-order valence-electron chi connectivity index (χ4n) is 0.793. The Hall–Kier alpha value is -0.660. The van der Waals surface area contributed by atoms with Crippen LogP contribution in [0.1, 0.15) is 20.3 Å². The van der Waals surface area contributed by atoms with Gasteiger partial charge in [-0.15, -0.1) is 0 Å². The molecule has 0 atom stereocenters. The summed E-state index contributed by atoms with van der Waals surface area (Å²) in [6, 6.07) is 0. The first-order valence-corrected chi connectivity index (χ1v) is 3.33. The molecule has 0 aliphatic carbocycles. The zero-order chi connectivity index (χ0) is 6.69. The number of aliphatic imine (C=N–C) groups is 2. The van der Waals surface area contributed by atoms with Crippen LogP contribution in [0.15, 0.2) is 9.98 Å². The van der Waals surface area contributed by atoms with E-state index in [0.717, 1.165) is 30.9 Å². The van der Waals surface area contributed by atoms with Crippen molar-refractivity contribution in [2.24, 2.45) is 9.98 Å². The standard InChI is InChI=1S/C7H12N2/c1-6-7(2)9-5-3-4-8-6/h3-5H2,1-2H3. The van der Waals surface area contributed by atoms with Crippen LogP contribution in [0, 0.1) is 0 Å². The van der Waals surface area contributed by atoms with Crippen molar-refractivity contribution in [1.29, 1.82) is 0 Å². The first-order valence-electron chi connectivity index (χ1n) is 3.33. The van der Waals surface area contributed by atoms with Gasteiger partial charge in [0.15, 0.2) is 0 Å². The molecule has 0 N–H and O–H groups in total. The smallest absolute Gasteiger partial charge is 0.0524 e. The number of hydrogen-bond donors (Lipinski definition) is 0. The van der Waals surface area contributed by atoms with Crippen LogP contribution in [0.2, 0.25) is 0 Å². The molecule has 9 heavy (non-hydrogen) atoms. The minimum atomic E-state index is 0.951. The van der Waals surface area contributed by atoms with Gasteiger partial charge in [-0.3, -0.25) is 9.98 Å². The second-order valence-electron chi connectivity index (χ2n) is 2.29. The molecule has 0 bridgehead atoms. The molecule has 0 fully saturated rings. The van der Waals surface area contributed by atoms with Gasteiger partial charge in [0.05, 0.1) is 11.4 Å². The quantitative estimate of drug-likeness (QED) is 0.465. The lowest BCUT2D eigenvalue weighted by molar-refractivity contribution is 0.856. The van der Waals surface area contributed by atoms with Crippen LogP contribution in [-0.2, 0) is 0 Å². The maximum atomic E-state index is 4.29. The Bertz CT molecular complexity index is 138. The summed E-state index contributed by atoms with van der Waals surface area (Å²) in [6.07, 6.45) is 1.11. The van der Waals surface area contributed by atoms with Gasteiger partial charge in [0.1, 0.15) is 0 Å². The highest BCUT2D eigenvalue weighted by Gasteiger charge is 1.98. The molecule has 0 saturated heterocycles. The highest BCUT2D eigenvalue weighted by molar-refractivity contribution is 6.40. The highest BCUT2D eigenvalue weighted by Crippen LogP contribution is 1.94. The topological polar surface area (TPSA) is 24.7 Å². The average Bonchev–Trinajstić information content (AvgIpc) is 1.99. The van der Waals surface area contributed by atoms with Crippen LogP contribution in [0.5, 0.6) is 0 Å². The lowest BCUT2D eigenvalue weighted by atomic mass is 10.3. The largest absolute Gasteiger partial charge is 0.288 e. The second kappa shape index (κ2) is 2.76. The minimum absolute atomic E-state index is 0.951. The fourth-order valence-corrected chi connectivity index (χ4v) is 0.793. The zero-order valence-electron chi connectivity index (χ0n) is 6.02. The maximum Gasteiger partial charge on any atom is 0.0524 e. The molecule has 1 rings (SSSR count). The molecule has 0 spiro atoms. The summed E-state index contributed by atoms with van der Waals surface area (Å²) in [4.78, 5) is 8.58. The molecule has 0 amide bonds. The van der Waals surface area contributed by atoms with Gasteiger partial charge in [0, 0.05) is 13.1 Å². The molecule has 1 heterocycles. The summed E-state index contributed by atoms with van der Waals surface area (Å²) in [5.74, 6) is 0. The van der Waals surface area contributed by atoms with E-state index in [2.05, 4.69) is 9.98 Å². The summed E-state index contributed by atoms with van der Waals surface area (Å²) in [5, 5.41) is 0. The molecule has 0 aromatic heterocycles. The molecule has 0 radical (unpaired) electrons. The third kappa shape index (κ3) is 1.63. The van der Waals surface area contributed by atoms with Gasteiger partial charge in [0.2, 0.25) is 0 Å². The molecule has 50 valence electrons. The van der Waals surface area contributed by atoms with E-state index in [1.807, 2.05) is 13.8 Å². The summed E-state index contributed by atoms with van der Waals surface area (Å²) >= 11 is 0. The monoisotopic (exact) mass is 124 g/mol. The van der Waals surface area contributed by atoms with Crippen LogP contribution in [0.3, 0.4) is 0 Å². The highest BCUT2D eigenvalue weighted by atomic mass is 14.8. The van der Waals surface area contributed by atoms with Gasteiger partial charge in [0.25, 0.3) is 0 Å². The molecule has 1 aliphatic heterocycles. The minimum Gasteiger partial charge on any atom is -0.288 e. The molecule has 0 unspecified atom stereocenters. The molecule has 0 aromatic rings.